The number of methoxy groups -OCH3 is 1. The van der Waals surface area contributed by atoms with Crippen LogP contribution in [-0.2, 0) is 13.6 Å². The highest BCUT2D eigenvalue weighted by Gasteiger charge is 2.23. The Morgan fingerprint density at radius 3 is 2.67 bits per heavy atom. The molecule has 0 aliphatic rings. The van der Waals surface area contributed by atoms with Crippen LogP contribution >= 0.6 is 0 Å². The van der Waals surface area contributed by atoms with Crippen molar-refractivity contribution in [3.8, 4) is 5.75 Å². The van der Waals surface area contributed by atoms with Gasteiger partial charge in [0.1, 0.15) is 23.4 Å². The summed E-state index contributed by atoms with van der Waals surface area (Å²) >= 11 is 0. The first-order chi connectivity index (χ1) is 13.1. The summed E-state index contributed by atoms with van der Waals surface area (Å²) in [5, 5.41) is 5.60. The van der Waals surface area contributed by atoms with Crippen LogP contribution in [0.2, 0.25) is 0 Å². The fraction of sp³-hybridized carbons (Fsp3) is 0.200. The van der Waals surface area contributed by atoms with Crippen molar-refractivity contribution >= 4 is 6.03 Å². The number of amides is 2. The third-order valence-electron chi connectivity index (χ3n) is 4.24. The molecule has 0 aliphatic carbocycles. The highest BCUT2D eigenvalue weighted by Crippen LogP contribution is 2.23. The average Bonchev–Trinajstić information content (AvgIpc) is 3.11. The zero-order valence-corrected chi connectivity index (χ0v) is 15.1. The number of halogens is 1. The summed E-state index contributed by atoms with van der Waals surface area (Å²) in [6, 6.07) is 12.6. The Labute approximate surface area is 157 Å². The number of para-hydroxylation sites is 1. The molecule has 0 bridgehead atoms. The van der Waals surface area contributed by atoms with Crippen molar-refractivity contribution in [1.29, 1.82) is 0 Å². The largest absolute Gasteiger partial charge is 0.496 e. The molecule has 0 unspecified atom stereocenters. The molecule has 140 valence electrons. The van der Waals surface area contributed by atoms with Crippen molar-refractivity contribution < 1.29 is 13.9 Å². The summed E-state index contributed by atoms with van der Waals surface area (Å²) in [5.41, 5.74) is 1.19. The van der Waals surface area contributed by atoms with Gasteiger partial charge >= 0.3 is 6.03 Å². The lowest BCUT2D eigenvalue weighted by Crippen LogP contribution is -2.39. The lowest BCUT2D eigenvalue weighted by Gasteiger charge is -2.20. The van der Waals surface area contributed by atoms with Gasteiger partial charge in [-0.2, -0.15) is 0 Å². The molecule has 0 spiro atoms. The number of imidazole rings is 1. The van der Waals surface area contributed by atoms with E-state index >= 15 is 0 Å². The number of carbonyl (C=O) groups is 1. The van der Waals surface area contributed by atoms with E-state index in [9.17, 15) is 9.18 Å². The molecule has 3 rings (SSSR count). The second-order valence-corrected chi connectivity index (χ2v) is 5.99. The minimum absolute atomic E-state index is 0.278. The maximum absolute atomic E-state index is 14.3. The summed E-state index contributed by atoms with van der Waals surface area (Å²) < 4.78 is 21.4. The lowest BCUT2D eigenvalue weighted by atomic mass is 10.1. The molecular weight excluding hydrogens is 347 g/mol. The minimum Gasteiger partial charge on any atom is -0.496 e. The zero-order valence-electron chi connectivity index (χ0n) is 15.1. The molecule has 0 fully saturated rings. The molecule has 1 atom stereocenters. The van der Waals surface area contributed by atoms with Crippen molar-refractivity contribution in [2.75, 3.05) is 7.11 Å². The van der Waals surface area contributed by atoms with E-state index in [1.54, 1.807) is 49.3 Å². The second kappa shape index (κ2) is 8.35. The highest BCUT2D eigenvalue weighted by molar-refractivity contribution is 5.75. The van der Waals surface area contributed by atoms with E-state index in [1.807, 2.05) is 24.3 Å². The maximum atomic E-state index is 14.3. The van der Waals surface area contributed by atoms with Gasteiger partial charge < -0.3 is 19.9 Å². The van der Waals surface area contributed by atoms with Crippen molar-refractivity contribution in [2.24, 2.45) is 7.05 Å². The number of aryl methyl sites for hydroxylation is 1. The maximum Gasteiger partial charge on any atom is 0.315 e. The Morgan fingerprint density at radius 2 is 1.96 bits per heavy atom. The first-order valence-electron chi connectivity index (χ1n) is 8.48. The minimum atomic E-state index is -0.719. The predicted molar refractivity (Wildman–Crippen MR) is 99.8 cm³/mol. The number of urea groups is 1. The Hall–Kier alpha value is -3.35. The highest BCUT2D eigenvalue weighted by atomic mass is 19.1. The van der Waals surface area contributed by atoms with Gasteiger partial charge in [-0.3, -0.25) is 0 Å². The van der Waals surface area contributed by atoms with Crippen molar-refractivity contribution in [3.05, 3.63) is 83.7 Å². The Balaban J connectivity index is 1.77. The quantitative estimate of drug-likeness (QED) is 0.702. The van der Waals surface area contributed by atoms with E-state index in [0.717, 1.165) is 5.56 Å². The molecule has 2 amide bonds. The number of nitrogens with zero attached hydrogens (tertiary/aromatic N) is 2. The third-order valence-corrected chi connectivity index (χ3v) is 4.24. The first-order valence-corrected chi connectivity index (χ1v) is 8.48. The molecule has 2 N–H and O–H groups in total. The number of ether oxygens (including phenoxy) is 1. The van der Waals surface area contributed by atoms with Crippen molar-refractivity contribution in [3.63, 3.8) is 0 Å². The summed E-state index contributed by atoms with van der Waals surface area (Å²) in [5.74, 6) is 0.815. The zero-order chi connectivity index (χ0) is 19.2. The number of hydrogen-bond donors (Lipinski definition) is 2. The Morgan fingerprint density at radius 1 is 1.22 bits per heavy atom. The molecule has 2 aromatic carbocycles. The van der Waals surface area contributed by atoms with Gasteiger partial charge in [-0.1, -0.05) is 36.4 Å². The number of benzene rings is 2. The van der Waals surface area contributed by atoms with Gasteiger partial charge in [-0.25, -0.2) is 14.2 Å². The van der Waals surface area contributed by atoms with Crippen molar-refractivity contribution in [2.45, 2.75) is 12.6 Å². The number of hydrogen-bond acceptors (Lipinski definition) is 3. The van der Waals surface area contributed by atoms with Gasteiger partial charge in [0.15, 0.2) is 0 Å². The molecular formula is C20H21FN4O2. The van der Waals surface area contributed by atoms with Gasteiger partial charge in [0.05, 0.1) is 7.11 Å². The summed E-state index contributed by atoms with van der Waals surface area (Å²) in [6.45, 7) is 0.278. The standard InChI is InChI=1S/C20H21FN4O2/c1-25-12-11-22-19(25)18(15-8-4-5-9-16(15)21)24-20(26)23-13-14-7-3-6-10-17(14)27-2/h3-12,18H,13H2,1-2H3,(H2,23,24,26)/t18-/m0/s1. The van der Waals surface area contributed by atoms with Crippen LogP contribution in [0.1, 0.15) is 23.0 Å². The van der Waals surface area contributed by atoms with Gasteiger partial charge in [-0.15, -0.1) is 0 Å². The monoisotopic (exact) mass is 368 g/mol. The van der Waals surface area contributed by atoms with E-state index in [1.165, 1.54) is 6.07 Å². The third kappa shape index (κ3) is 4.25. The second-order valence-electron chi connectivity index (χ2n) is 5.99. The lowest BCUT2D eigenvalue weighted by molar-refractivity contribution is 0.237. The van der Waals surface area contributed by atoms with Crippen LogP contribution in [-0.4, -0.2) is 22.7 Å². The Bertz CT molecular complexity index is 926. The van der Waals surface area contributed by atoms with Crippen LogP contribution in [0.25, 0.3) is 0 Å². The topological polar surface area (TPSA) is 68.2 Å². The van der Waals surface area contributed by atoms with E-state index in [0.29, 0.717) is 17.1 Å². The number of carbonyl (C=O) groups excluding carboxylic acids is 1. The Kier molecular flexibility index (Phi) is 5.71. The molecule has 0 aliphatic heterocycles. The molecule has 1 heterocycles. The summed E-state index contributed by atoms with van der Waals surface area (Å²) in [6.07, 6.45) is 3.36. The molecule has 3 aromatic rings. The number of rotatable bonds is 6. The fourth-order valence-corrected chi connectivity index (χ4v) is 2.85. The van der Waals surface area contributed by atoms with Crippen LogP contribution in [0, 0.1) is 5.82 Å². The van der Waals surface area contributed by atoms with E-state index < -0.39 is 17.9 Å². The van der Waals surface area contributed by atoms with Crippen LogP contribution in [0.4, 0.5) is 9.18 Å². The average molecular weight is 368 g/mol. The number of aromatic nitrogens is 2. The summed E-state index contributed by atoms with van der Waals surface area (Å²) in [4.78, 5) is 16.8. The molecule has 0 radical (unpaired) electrons. The molecule has 27 heavy (non-hydrogen) atoms. The van der Waals surface area contributed by atoms with E-state index in [4.69, 9.17) is 4.74 Å². The molecule has 6 nitrogen and oxygen atoms in total. The molecule has 7 heteroatoms. The first kappa shape index (κ1) is 18.4. The van der Waals surface area contributed by atoms with E-state index in [-0.39, 0.29) is 6.54 Å². The van der Waals surface area contributed by atoms with Crippen molar-refractivity contribution in [1.82, 2.24) is 20.2 Å². The van der Waals surface area contributed by atoms with Crippen LogP contribution in [0.5, 0.6) is 5.75 Å². The van der Waals surface area contributed by atoms with Crippen LogP contribution in [0.15, 0.2) is 60.9 Å². The van der Waals surface area contributed by atoms with Gasteiger partial charge in [0.25, 0.3) is 0 Å². The summed E-state index contributed by atoms with van der Waals surface area (Å²) in [7, 11) is 3.37. The smallest absolute Gasteiger partial charge is 0.315 e. The molecule has 0 saturated carbocycles. The molecule has 1 aromatic heterocycles. The van der Waals surface area contributed by atoms with Crippen LogP contribution < -0.4 is 15.4 Å². The van der Waals surface area contributed by atoms with Gasteiger partial charge in [-0.05, 0) is 12.1 Å². The normalized spacial score (nSPS) is 11.7. The predicted octanol–water partition coefficient (Wildman–Crippen LogP) is 3.16. The SMILES string of the molecule is COc1ccccc1CNC(=O)N[C@@H](c1ccccc1F)c1nccn1C. The fourth-order valence-electron chi connectivity index (χ4n) is 2.85. The number of nitrogens with one attached hydrogen (secondary N) is 2. The van der Waals surface area contributed by atoms with Crippen LogP contribution in [0.3, 0.4) is 0 Å². The van der Waals surface area contributed by atoms with E-state index in [2.05, 4.69) is 15.6 Å². The molecule has 0 saturated heterocycles. The van der Waals surface area contributed by atoms with Gasteiger partial charge in [0.2, 0.25) is 0 Å². The van der Waals surface area contributed by atoms with Gasteiger partial charge in [0, 0.05) is 37.1 Å².